The van der Waals surface area contributed by atoms with Crippen molar-refractivity contribution in [3.05, 3.63) is 0 Å². The normalized spacial score (nSPS) is 18.3. The number of fused-ring (bicyclic) bond motifs is 3. The summed E-state index contributed by atoms with van der Waals surface area (Å²) < 4.78 is 12.1. The number of carbonyl (C=O) groups is 2. The highest BCUT2D eigenvalue weighted by Crippen LogP contribution is 2.30. The SMILES string of the molecule is CCCCCCCCCCCCCCCCCC(=O)OC1(OC(=O)CCCCCCCCCCCCCCCCC)CN2CCN1CC2. The molecular formula is C42H80N2O4. The summed E-state index contributed by atoms with van der Waals surface area (Å²) in [4.78, 5) is 30.3. The molecule has 0 N–H and O–H groups in total. The molecule has 2 bridgehead atoms. The van der Waals surface area contributed by atoms with E-state index in [0.29, 0.717) is 19.4 Å². The molecule has 6 nitrogen and oxygen atoms in total. The van der Waals surface area contributed by atoms with Gasteiger partial charge in [0, 0.05) is 39.0 Å². The highest BCUT2D eigenvalue weighted by molar-refractivity contribution is 5.72. The number of rotatable bonds is 34. The Bertz CT molecular complexity index is 719. The van der Waals surface area contributed by atoms with Crippen LogP contribution in [0.5, 0.6) is 0 Å². The number of hydrogen-bond donors (Lipinski definition) is 0. The second kappa shape index (κ2) is 29.6. The van der Waals surface area contributed by atoms with Crippen LogP contribution in [0.2, 0.25) is 0 Å². The van der Waals surface area contributed by atoms with Gasteiger partial charge < -0.3 is 9.47 Å². The fraction of sp³-hybridized carbons (Fsp3) is 0.952. The van der Waals surface area contributed by atoms with Crippen LogP contribution in [0.25, 0.3) is 0 Å². The van der Waals surface area contributed by atoms with Gasteiger partial charge in [0.2, 0.25) is 0 Å². The van der Waals surface area contributed by atoms with Gasteiger partial charge in [0.1, 0.15) is 0 Å². The molecule has 3 aliphatic rings. The third-order valence-corrected chi connectivity index (χ3v) is 10.8. The van der Waals surface area contributed by atoms with Crippen LogP contribution in [0, 0.1) is 0 Å². The number of esters is 2. The van der Waals surface area contributed by atoms with Gasteiger partial charge in [-0.15, -0.1) is 0 Å². The average Bonchev–Trinajstić information content (AvgIpc) is 3.08. The lowest BCUT2D eigenvalue weighted by Gasteiger charge is -2.52. The van der Waals surface area contributed by atoms with Crippen molar-refractivity contribution in [3.8, 4) is 0 Å². The van der Waals surface area contributed by atoms with Crippen molar-refractivity contribution >= 4 is 11.9 Å². The van der Waals surface area contributed by atoms with Gasteiger partial charge in [-0.3, -0.25) is 14.5 Å². The van der Waals surface area contributed by atoms with Crippen LogP contribution in [0.1, 0.15) is 219 Å². The number of unbranched alkanes of at least 4 members (excludes halogenated alkanes) is 28. The number of ether oxygens (including phenoxy) is 2. The van der Waals surface area contributed by atoms with E-state index in [9.17, 15) is 9.59 Å². The highest BCUT2D eigenvalue weighted by Gasteiger charge is 2.51. The van der Waals surface area contributed by atoms with E-state index in [1.807, 2.05) is 0 Å². The molecule has 48 heavy (non-hydrogen) atoms. The maximum absolute atomic E-state index is 13.0. The summed E-state index contributed by atoms with van der Waals surface area (Å²) in [6.07, 6.45) is 40.0. The van der Waals surface area contributed by atoms with Gasteiger partial charge in [0.25, 0.3) is 0 Å². The molecule has 3 fully saturated rings. The largest absolute Gasteiger partial charge is 0.407 e. The number of piperazine rings is 3. The molecule has 0 aromatic rings. The topological polar surface area (TPSA) is 59.1 Å². The van der Waals surface area contributed by atoms with Crippen LogP contribution in [0.15, 0.2) is 0 Å². The van der Waals surface area contributed by atoms with Crippen molar-refractivity contribution in [2.75, 3.05) is 32.7 Å². The molecule has 0 spiro atoms. The fourth-order valence-corrected chi connectivity index (χ4v) is 7.58. The Morgan fingerprint density at radius 3 is 0.938 bits per heavy atom. The summed E-state index contributed by atoms with van der Waals surface area (Å²) in [5.41, 5.74) is 0. The quantitative estimate of drug-likeness (QED) is 0.0384. The smallest absolute Gasteiger partial charge is 0.333 e. The van der Waals surface area contributed by atoms with Gasteiger partial charge in [-0.05, 0) is 12.8 Å². The molecule has 282 valence electrons. The van der Waals surface area contributed by atoms with Crippen LogP contribution in [0.4, 0.5) is 0 Å². The summed E-state index contributed by atoms with van der Waals surface area (Å²) in [6, 6.07) is 0. The first-order valence-electron chi connectivity index (χ1n) is 21.5. The highest BCUT2D eigenvalue weighted by atomic mass is 16.8. The van der Waals surface area contributed by atoms with E-state index >= 15 is 0 Å². The molecule has 0 saturated carbocycles. The zero-order valence-electron chi connectivity index (χ0n) is 32.2. The number of nitrogens with zero attached hydrogens (tertiary/aromatic N) is 2. The minimum atomic E-state index is -1.23. The molecule has 0 unspecified atom stereocenters. The van der Waals surface area contributed by atoms with Crippen LogP contribution in [0.3, 0.4) is 0 Å². The van der Waals surface area contributed by atoms with Gasteiger partial charge >= 0.3 is 17.8 Å². The van der Waals surface area contributed by atoms with E-state index in [0.717, 1.165) is 51.9 Å². The Labute approximate surface area is 298 Å². The minimum Gasteiger partial charge on any atom is -0.407 e. The monoisotopic (exact) mass is 677 g/mol. The van der Waals surface area contributed by atoms with Crippen molar-refractivity contribution in [1.82, 2.24) is 9.80 Å². The average molecular weight is 677 g/mol. The zero-order chi connectivity index (χ0) is 34.4. The molecule has 0 aromatic carbocycles. The molecule has 0 aromatic heterocycles. The molecule has 0 aliphatic carbocycles. The zero-order valence-corrected chi connectivity index (χ0v) is 32.2. The molecule has 3 heterocycles. The van der Waals surface area contributed by atoms with Crippen molar-refractivity contribution in [2.45, 2.75) is 225 Å². The van der Waals surface area contributed by atoms with Crippen molar-refractivity contribution < 1.29 is 19.1 Å². The fourth-order valence-electron chi connectivity index (χ4n) is 7.58. The molecule has 0 atom stereocenters. The van der Waals surface area contributed by atoms with Gasteiger partial charge in [-0.1, -0.05) is 194 Å². The van der Waals surface area contributed by atoms with E-state index in [2.05, 4.69) is 23.6 Å². The molecule has 0 amide bonds. The van der Waals surface area contributed by atoms with E-state index < -0.39 is 5.91 Å². The Morgan fingerprint density at radius 2 is 0.688 bits per heavy atom. The Balaban J connectivity index is 1.49. The molecule has 6 heteroatoms. The molecule has 3 aliphatic heterocycles. The van der Waals surface area contributed by atoms with Gasteiger partial charge in [0.05, 0.1) is 6.54 Å². The standard InChI is InChI=1S/C42H80N2O4/c1-3-5-7-9-11-13-15-17-19-21-23-25-27-29-31-33-40(45)47-42(39-43-35-37-44(42)38-36-43)48-41(46)34-32-30-28-26-24-22-20-18-16-14-12-10-8-6-4-2/h3-39H2,1-2H3. The predicted octanol–water partition coefficient (Wildman–Crippen LogP) is 11.9. The second-order valence-corrected chi connectivity index (χ2v) is 15.3. The minimum absolute atomic E-state index is 0.224. The Kier molecular flexibility index (Phi) is 26.5. The first kappa shape index (κ1) is 43.0. The van der Waals surface area contributed by atoms with Crippen LogP contribution in [-0.2, 0) is 19.1 Å². The first-order chi connectivity index (χ1) is 23.6. The van der Waals surface area contributed by atoms with E-state index in [-0.39, 0.29) is 11.9 Å². The van der Waals surface area contributed by atoms with Gasteiger partial charge in [-0.2, -0.15) is 0 Å². The lowest BCUT2D eigenvalue weighted by molar-refractivity contribution is -0.319. The summed E-state index contributed by atoms with van der Waals surface area (Å²) >= 11 is 0. The lowest BCUT2D eigenvalue weighted by Crippen LogP contribution is -2.71. The lowest BCUT2D eigenvalue weighted by atomic mass is 10.0. The number of hydrogen-bond acceptors (Lipinski definition) is 6. The van der Waals surface area contributed by atoms with Crippen LogP contribution in [-0.4, -0.2) is 60.4 Å². The Morgan fingerprint density at radius 1 is 0.417 bits per heavy atom. The second-order valence-electron chi connectivity index (χ2n) is 15.3. The maximum atomic E-state index is 13.0. The summed E-state index contributed by atoms with van der Waals surface area (Å²) in [6.45, 7) is 8.47. The maximum Gasteiger partial charge on any atom is 0.333 e. The number of carbonyl (C=O) groups excluding carboxylic acids is 2. The van der Waals surface area contributed by atoms with E-state index in [1.54, 1.807) is 0 Å². The van der Waals surface area contributed by atoms with Crippen LogP contribution >= 0.6 is 0 Å². The molecular weight excluding hydrogens is 596 g/mol. The first-order valence-corrected chi connectivity index (χ1v) is 21.5. The molecule has 3 rings (SSSR count). The van der Waals surface area contributed by atoms with Crippen LogP contribution < -0.4 is 0 Å². The summed E-state index contributed by atoms with van der Waals surface area (Å²) in [7, 11) is 0. The van der Waals surface area contributed by atoms with Crippen molar-refractivity contribution in [3.63, 3.8) is 0 Å². The third-order valence-electron chi connectivity index (χ3n) is 10.8. The summed E-state index contributed by atoms with van der Waals surface area (Å²) in [5.74, 6) is -1.67. The third kappa shape index (κ3) is 21.2. The Hall–Kier alpha value is -1.14. The van der Waals surface area contributed by atoms with E-state index in [4.69, 9.17) is 9.47 Å². The van der Waals surface area contributed by atoms with Gasteiger partial charge in [0.15, 0.2) is 0 Å². The molecule has 3 saturated heterocycles. The predicted molar refractivity (Wildman–Crippen MR) is 202 cm³/mol. The van der Waals surface area contributed by atoms with Gasteiger partial charge in [-0.25, -0.2) is 4.90 Å². The van der Waals surface area contributed by atoms with Crippen molar-refractivity contribution in [1.29, 1.82) is 0 Å². The van der Waals surface area contributed by atoms with Crippen molar-refractivity contribution in [2.24, 2.45) is 0 Å². The summed E-state index contributed by atoms with van der Waals surface area (Å²) in [5, 5.41) is 0. The molecule has 0 radical (unpaired) electrons. The van der Waals surface area contributed by atoms with E-state index in [1.165, 1.54) is 167 Å².